The predicted molar refractivity (Wildman–Crippen MR) is 139 cm³/mol. The smallest absolute Gasteiger partial charge is 0.419 e. The van der Waals surface area contributed by atoms with Crippen LogP contribution in [0.2, 0.25) is 5.02 Å². The van der Waals surface area contributed by atoms with Gasteiger partial charge in [0.05, 0.1) is 28.2 Å². The van der Waals surface area contributed by atoms with Crippen LogP contribution in [-0.2, 0) is 11.0 Å². The summed E-state index contributed by atoms with van der Waals surface area (Å²) < 4.78 is 73.9. The molecule has 1 amide bonds. The standard InChI is InChI=1S/C29H20ClF5N2O4/c30-19-7-9-24(36-14-19)26(16-4-2-1-3-5-16)27(18-10-20(31)13-21(11-18)41-15-25(38)39)37-28(40)17-6-8-23(32)22(12-17)29(33,34)35/h1-14,26-27H,15H2,(H,37,40)(H,38,39). The van der Waals surface area contributed by atoms with Crippen LogP contribution in [0.1, 0.15) is 44.7 Å². The van der Waals surface area contributed by atoms with E-state index in [-0.39, 0.29) is 11.3 Å². The maximum Gasteiger partial charge on any atom is 0.419 e. The fourth-order valence-electron chi connectivity index (χ4n) is 4.23. The first-order valence-corrected chi connectivity index (χ1v) is 12.3. The lowest BCUT2D eigenvalue weighted by molar-refractivity contribution is -0.140. The number of carboxylic acid groups (broad SMARTS) is 1. The number of ether oxygens (including phenoxy) is 1. The summed E-state index contributed by atoms with van der Waals surface area (Å²) in [6.45, 7) is -0.781. The van der Waals surface area contributed by atoms with Gasteiger partial charge in [-0.15, -0.1) is 0 Å². The second-order valence-electron chi connectivity index (χ2n) is 8.84. The number of nitrogens with one attached hydrogen (secondary N) is 1. The molecule has 0 fully saturated rings. The normalized spacial score (nSPS) is 12.8. The Kier molecular flexibility index (Phi) is 8.87. The molecule has 4 aromatic rings. The van der Waals surface area contributed by atoms with E-state index >= 15 is 0 Å². The maximum absolute atomic E-state index is 14.8. The van der Waals surface area contributed by atoms with Crippen LogP contribution in [0.3, 0.4) is 0 Å². The van der Waals surface area contributed by atoms with Crippen LogP contribution in [0, 0.1) is 11.6 Å². The van der Waals surface area contributed by atoms with Gasteiger partial charge < -0.3 is 15.2 Å². The lowest BCUT2D eigenvalue weighted by atomic mass is 9.84. The number of carboxylic acids is 1. The van der Waals surface area contributed by atoms with E-state index in [0.29, 0.717) is 28.4 Å². The number of benzene rings is 3. The van der Waals surface area contributed by atoms with Crippen molar-refractivity contribution in [3.8, 4) is 5.75 Å². The predicted octanol–water partition coefficient (Wildman–Crippen LogP) is 6.80. The van der Waals surface area contributed by atoms with Crippen molar-refractivity contribution in [1.82, 2.24) is 10.3 Å². The molecule has 1 aromatic heterocycles. The summed E-state index contributed by atoms with van der Waals surface area (Å²) in [7, 11) is 0. The molecular formula is C29H20ClF5N2O4. The fraction of sp³-hybridized carbons (Fsp3) is 0.138. The third kappa shape index (κ3) is 7.37. The van der Waals surface area contributed by atoms with Gasteiger partial charge in [0.15, 0.2) is 6.61 Å². The molecule has 0 aliphatic carbocycles. The van der Waals surface area contributed by atoms with E-state index in [1.165, 1.54) is 12.3 Å². The maximum atomic E-state index is 14.8. The summed E-state index contributed by atoms with van der Waals surface area (Å²) in [5.74, 6) is -5.74. The lowest BCUT2D eigenvalue weighted by Gasteiger charge is -2.29. The molecule has 4 rings (SSSR count). The second kappa shape index (κ2) is 12.3. The summed E-state index contributed by atoms with van der Waals surface area (Å²) in [4.78, 5) is 28.7. The molecule has 41 heavy (non-hydrogen) atoms. The first kappa shape index (κ1) is 29.5. The van der Waals surface area contributed by atoms with Crippen molar-refractivity contribution in [3.05, 3.63) is 130 Å². The number of halogens is 6. The quantitative estimate of drug-likeness (QED) is 0.209. The molecule has 0 saturated carbocycles. The molecule has 0 aliphatic rings. The molecular weight excluding hydrogens is 571 g/mol. The Morgan fingerprint density at radius 3 is 2.32 bits per heavy atom. The minimum atomic E-state index is -5.06. The van der Waals surface area contributed by atoms with Crippen LogP contribution < -0.4 is 10.1 Å². The van der Waals surface area contributed by atoms with Gasteiger partial charge in [0, 0.05) is 17.8 Å². The molecule has 6 nitrogen and oxygen atoms in total. The van der Waals surface area contributed by atoms with Gasteiger partial charge >= 0.3 is 12.1 Å². The average molecular weight is 591 g/mol. The highest BCUT2D eigenvalue weighted by atomic mass is 35.5. The van der Waals surface area contributed by atoms with Crippen LogP contribution in [0.4, 0.5) is 22.0 Å². The minimum Gasteiger partial charge on any atom is -0.482 e. The number of nitrogens with zero attached hydrogens (tertiary/aromatic N) is 1. The van der Waals surface area contributed by atoms with Crippen LogP contribution >= 0.6 is 11.6 Å². The van der Waals surface area contributed by atoms with E-state index in [4.69, 9.17) is 21.4 Å². The minimum absolute atomic E-state index is 0.0856. The van der Waals surface area contributed by atoms with Gasteiger partial charge in [-0.1, -0.05) is 41.9 Å². The number of hydrogen-bond donors (Lipinski definition) is 2. The Bertz CT molecular complexity index is 1550. The van der Waals surface area contributed by atoms with Gasteiger partial charge in [0.1, 0.15) is 17.4 Å². The molecule has 3 aromatic carbocycles. The number of pyridine rings is 1. The molecule has 2 unspecified atom stereocenters. The first-order valence-electron chi connectivity index (χ1n) is 11.9. The van der Waals surface area contributed by atoms with Gasteiger partial charge in [-0.25, -0.2) is 13.6 Å². The largest absolute Gasteiger partial charge is 0.482 e. The summed E-state index contributed by atoms with van der Waals surface area (Å²) in [6, 6.07) is 15.6. The zero-order valence-electron chi connectivity index (χ0n) is 20.8. The zero-order valence-corrected chi connectivity index (χ0v) is 21.6. The fourth-order valence-corrected chi connectivity index (χ4v) is 4.34. The first-order chi connectivity index (χ1) is 19.4. The van der Waals surface area contributed by atoms with Crippen molar-refractivity contribution in [2.75, 3.05) is 6.61 Å². The highest BCUT2D eigenvalue weighted by Crippen LogP contribution is 2.38. The van der Waals surface area contributed by atoms with E-state index in [1.54, 1.807) is 42.5 Å². The molecule has 0 bridgehead atoms. The van der Waals surface area contributed by atoms with Crippen LogP contribution in [0.15, 0.2) is 85.1 Å². The number of aliphatic carboxylic acids is 1. The van der Waals surface area contributed by atoms with Gasteiger partial charge in [-0.05, 0) is 53.6 Å². The number of carbonyl (C=O) groups is 2. The van der Waals surface area contributed by atoms with Crippen molar-refractivity contribution in [2.24, 2.45) is 0 Å². The Hall–Kier alpha value is -4.51. The number of hydrogen-bond acceptors (Lipinski definition) is 4. The highest BCUT2D eigenvalue weighted by molar-refractivity contribution is 6.30. The molecule has 0 saturated heterocycles. The molecule has 12 heteroatoms. The lowest BCUT2D eigenvalue weighted by Crippen LogP contribution is -2.34. The van der Waals surface area contributed by atoms with Gasteiger partial charge in [-0.3, -0.25) is 9.78 Å². The Balaban J connectivity index is 1.86. The summed E-state index contributed by atoms with van der Waals surface area (Å²) >= 11 is 6.02. The molecule has 0 aliphatic heterocycles. The third-order valence-corrected chi connectivity index (χ3v) is 6.22. The number of aromatic nitrogens is 1. The topological polar surface area (TPSA) is 88.5 Å². The Morgan fingerprint density at radius 2 is 1.68 bits per heavy atom. The van der Waals surface area contributed by atoms with E-state index in [0.717, 1.165) is 18.2 Å². The van der Waals surface area contributed by atoms with Crippen molar-refractivity contribution < 1.29 is 41.4 Å². The number of amides is 1. The molecule has 1 heterocycles. The van der Waals surface area contributed by atoms with Crippen molar-refractivity contribution >= 4 is 23.5 Å². The molecule has 0 spiro atoms. The Morgan fingerprint density at radius 1 is 0.951 bits per heavy atom. The average Bonchev–Trinajstić information content (AvgIpc) is 2.92. The van der Waals surface area contributed by atoms with E-state index in [2.05, 4.69) is 10.3 Å². The van der Waals surface area contributed by atoms with Crippen LogP contribution in [0.5, 0.6) is 5.75 Å². The number of carbonyl (C=O) groups excluding carboxylic acids is 1. The van der Waals surface area contributed by atoms with Gasteiger partial charge in [0.2, 0.25) is 0 Å². The number of rotatable bonds is 9. The SMILES string of the molecule is O=C(O)COc1cc(F)cc(C(NC(=O)c2ccc(F)c(C(F)(F)F)c2)C(c2ccccc2)c2ccc(Cl)cn2)c1. The van der Waals surface area contributed by atoms with E-state index < -0.39 is 59.4 Å². The summed E-state index contributed by atoms with van der Waals surface area (Å²) in [5.41, 5.74) is -1.10. The van der Waals surface area contributed by atoms with Crippen molar-refractivity contribution in [1.29, 1.82) is 0 Å². The highest BCUT2D eigenvalue weighted by Gasteiger charge is 2.36. The van der Waals surface area contributed by atoms with Crippen molar-refractivity contribution in [3.63, 3.8) is 0 Å². The van der Waals surface area contributed by atoms with Gasteiger partial charge in [0.25, 0.3) is 5.91 Å². The van der Waals surface area contributed by atoms with Crippen LogP contribution in [-0.4, -0.2) is 28.6 Å². The monoisotopic (exact) mass is 590 g/mol. The zero-order chi connectivity index (χ0) is 29.7. The Labute approximate surface area is 235 Å². The van der Waals surface area contributed by atoms with E-state index in [1.807, 2.05) is 0 Å². The second-order valence-corrected chi connectivity index (χ2v) is 9.27. The third-order valence-electron chi connectivity index (χ3n) is 6.00. The molecule has 0 radical (unpaired) electrons. The number of alkyl halides is 3. The van der Waals surface area contributed by atoms with Gasteiger partial charge in [-0.2, -0.15) is 13.2 Å². The molecule has 2 N–H and O–H groups in total. The van der Waals surface area contributed by atoms with Crippen molar-refractivity contribution in [2.45, 2.75) is 18.1 Å². The summed E-state index contributed by atoms with van der Waals surface area (Å²) in [6.07, 6.45) is -3.70. The molecule has 2 atom stereocenters. The van der Waals surface area contributed by atoms with E-state index in [9.17, 15) is 31.5 Å². The summed E-state index contributed by atoms with van der Waals surface area (Å²) in [5, 5.41) is 11.9. The molecule has 212 valence electrons. The van der Waals surface area contributed by atoms with Crippen LogP contribution in [0.25, 0.3) is 0 Å².